The Morgan fingerprint density at radius 1 is 0.618 bits per heavy atom. The second-order valence-electron chi connectivity index (χ2n) is 8.20. The summed E-state index contributed by atoms with van der Waals surface area (Å²) in [7, 11) is 0. The Morgan fingerprint density at radius 2 is 1.44 bits per heavy atom. The average molecular weight is 506 g/mol. The van der Waals surface area contributed by atoms with Gasteiger partial charge in [-0.05, 0) is 80.7 Å². The maximum absolute atomic E-state index is 9.08. The van der Waals surface area contributed by atoms with E-state index in [2.05, 4.69) is 22.0 Å². The molecule has 0 aliphatic heterocycles. The van der Waals surface area contributed by atoms with Crippen molar-refractivity contribution in [3.63, 3.8) is 0 Å². The van der Waals surface area contributed by atoms with Gasteiger partial charge in [0.05, 0.1) is 9.60 Å². The smallest absolute Gasteiger partial charge is 0.143 e. The number of halogens is 1. The van der Waals surface area contributed by atoms with Crippen LogP contribution in [0, 0.1) is 0 Å². The molecular weight excluding hydrogens is 480 g/mol. The normalized spacial score (nSPS) is 14.6. The van der Waals surface area contributed by atoms with Gasteiger partial charge in [0.1, 0.15) is 11.2 Å². The van der Waals surface area contributed by atoms with Crippen LogP contribution in [-0.2, 0) is 0 Å². The fourth-order valence-corrected chi connectivity index (χ4v) is 4.87. The molecule has 0 spiro atoms. The molecule has 1 nitrogen and oxygen atoms in total. The van der Waals surface area contributed by atoms with E-state index in [1.807, 2.05) is 66.7 Å². The maximum Gasteiger partial charge on any atom is 0.143 e. The molecule has 0 bridgehead atoms. The Balaban J connectivity index is 1.60. The van der Waals surface area contributed by atoms with Crippen molar-refractivity contribution in [2.45, 2.75) is 0 Å². The van der Waals surface area contributed by atoms with Gasteiger partial charge in [-0.15, -0.1) is 0 Å². The highest BCUT2D eigenvalue weighted by Crippen LogP contribution is 2.40. The van der Waals surface area contributed by atoms with Crippen molar-refractivity contribution in [2.24, 2.45) is 0 Å². The van der Waals surface area contributed by atoms with Gasteiger partial charge in [-0.2, -0.15) is 0 Å². The summed E-state index contributed by atoms with van der Waals surface area (Å²) in [6.07, 6.45) is 0. The largest absolute Gasteiger partial charge is 0.455 e. The summed E-state index contributed by atoms with van der Waals surface area (Å²) in [5.74, 6) is 0. The van der Waals surface area contributed by atoms with Crippen LogP contribution in [0.4, 0.5) is 0 Å². The molecule has 0 amide bonds. The van der Waals surface area contributed by atoms with E-state index in [1.165, 1.54) is 0 Å². The molecular formula is C32H19BrO. The molecule has 0 aliphatic rings. The zero-order valence-electron chi connectivity index (χ0n) is 24.7. The molecule has 0 unspecified atom stereocenters. The lowest BCUT2D eigenvalue weighted by atomic mass is 9.93. The van der Waals surface area contributed by atoms with Gasteiger partial charge >= 0.3 is 0 Å². The van der Waals surface area contributed by atoms with E-state index in [0.29, 0.717) is 16.7 Å². The number of fused-ring (bicyclic) bond motifs is 5. The Morgan fingerprint density at radius 3 is 2.38 bits per heavy atom. The molecule has 0 saturated heterocycles. The molecule has 0 N–H and O–H groups in total. The SMILES string of the molecule is [2H]c1c([2H])c([2H])c2c([2H])c(-c3cc(-c4ccc5cc(Br)ccc5c4)c4oc5ccccc5c4c3)c([2H])c([2H])c2c1[2H]. The predicted molar refractivity (Wildman–Crippen MR) is 147 cm³/mol. The number of para-hydroxylation sites is 1. The monoisotopic (exact) mass is 505 g/mol. The van der Waals surface area contributed by atoms with Gasteiger partial charge in [-0.25, -0.2) is 0 Å². The summed E-state index contributed by atoms with van der Waals surface area (Å²) in [6.45, 7) is 0. The van der Waals surface area contributed by atoms with Gasteiger partial charge in [0.15, 0.2) is 0 Å². The Labute approximate surface area is 215 Å². The zero-order chi connectivity index (χ0) is 28.7. The highest BCUT2D eigenvalue weighted by atomic mass is 79.9. The van der Waals surface area contributed by atoms with Crippen molar-refractivity contribution in [3.05, 3.63) is 120 Å². The van der Waals surface area contributed by atoms with Gasteiger partial charge in [0.2, 0.25) is 0 Å². The molecule has 0 atom stereocenters. The summed E-state index contributed by atoms with van der Waals surface area (Å²) in [4.78, 5) is 0. The van der Waals surface area contributed by atoms with Crippen molar-refractivity contribution >= 4 is 59.4 Å². The molecule has 7 aromatic rings. The van der Waals surface area contributed by atoms with Gasteiger partial charge < -0.3 is 4.42 Å². The lowest BCUT2D eigenvalue weighted by Gasteiger charge is -2.10. The average Bonchev–Trinajstić information content (AvgIpc) is 3.35. The van der Waals surface area contributed by atoms with Crippen LogP contribution >= 0.6 is 15.9 Å². The van der Waals surface area contributed by atoms with Crippen LogP contribution in [0.2, 0.25) is 0 Å². The lowest BCUT2D eigenvalue weighted by Crippen LogP contribution is -1.85. The first kappa shape index (κ1) is 13.7. The van der Waals surface area contributed by atoms with Crippen LogP contribution in [0.25, 0.3) is 65.7 Å². The summed E-state index contributed by atoms with van der Waals surface area (Å²) < 4.78 is 67.1. The van der Waals surface area contributed by atoms with Crippen LogP contribution in [0.15, 0.2) is 124 Å². The number of benzene rings is 6. The predicted octanol–water partition coefficient (Wildman–Crippen LogP) is 9.99. The number of hydrogen-bond donors (Lipinski definition) is 0. The van der Waals surface area contributed by atoms with Gasteiger partial charge in [-0.3, -0.25) is 0 Å². The molecule has 2 heteroatoms. The fraction of sp³-hybridized carbons (Fsp3) is 0. The van der Waals surface area contributed by atoms with Crippen molar-refractivity contribution in [1.82, 2.24) is 0 Å². The third kappa shape index (κ3) is 3.14. The van der Waals surface area contributed by atoms with Crippen LogP contribution < -0.4 is 0 Å². The molecule has 6 aromatic carbocycles. The molecule has 1 heterocycles. The van der Waals surface area contributed by atoms with E-state index in [1.54, 1.807) is 0 Å². The lowest BCUT2D eigenvalue weighted by molar-refractivity contribution is 0.670. The third-order valence-corrected chi connectivity index (χ3v) is 6.62. The topological polar surface area (TPSA) is 13.1 Å². The molecule has 0 saturated carbocycles. The molecule has 0 fully saturated rings. The maximum atomic E-state index is 9.08. The highest BCUT2D eigenvalue weighted by molar-refractivity contribution is 9.10. The zero-order valence-corrected chi connectivity index (χ0v) is 19.3. The molecule has 160 valence electrons. The Hall–Kier alpha value is -3.88. The number of rotatable bonds is 2. The standard InChI is InChI=1S/C32H19BrO/c33-27-14-13-22-16-25(12-11-24(22)17-27)29-18-26(23-10-9-20-5-1-2-6-21(20)15-23)19-30-28-7-3-4-8-31(28)34-32(29)30/h1-19H/i1D,2D,5D,6D,9D,10D,15D. The van der Waals surface area contributed by atoms with E-state index in [0.717, 1.165) is 37.1 Å². The molecule has 34 heavy (non-hydrogen) atoms. The minimum atomic E-state index is -0.487. The fourth-order valence-electron chi connectivity index (χ4n) is 4.50. The number of furan rings is 1. The molecule has 7 rings (SSSR count). The van der Waals surface area contributed by atoms with E-state index in [4.69, 9.17) is 14.0 Å². The molecule has 1 aromatic heterocycles. The van der Waals surface area contributed by atoms with Gasteiger partial charge in [0.25, 0.3) is 0 Å². The van der Waals surface area contributed by atoms with E-state index in [-0.39, 0.29) is 34.5 Å². The number of hydrogen-bond acceptors (Lipinski definition) is 1. The molecule has 0 aliphatic carbocycles. The Bertz CT molecular complexity index is 2250. The first-order chi connectivity index (χ1) is 19.7. The van der Waals surface area contributed by atoms with Crippen molar-refractivity contribution in [1.29, 1.82) is 0 Å². The van der Waals surface area contributed by atoms with E-state index >= 15 is 0 Å². The quantitative estimate of drug-likeness (QED) is 0.227. The highest BCUT2D eigenvalue weighted by Gasteiger charge is 2.15. The van der Waals surface area contributed by atoms with Gasteiger partial charge in [-0.1, -0.05) is 88.6 Å². The van der Waals surface area contributed by atoms with Crippen LogP contribution in [-0.4, -0.2) is 0 Å². The minimum absolute atomic E-state index is 0.0676. The Kier molecular flexibility index (Phi) is 3.06. The van der Waals surface area contributed by atoms with Crippen LogP contribution in [0.3, 0.4) is 0 Å². The third-order valence-electron chi connectivity index (χ3n) is 6.13. The minimum Gasteiger partial charge on any atom is -0.455 e. The van der Waals surface area contributed by atoms with Crippen LogP contribution in [0.5, 0.6) is 0 Å². The summed E-state index contributed by atoms with van der Waals surface area (Å²) >= 11 is 3.52. The van der Waals surface area contributed by atoms with E-state index < -0.39 is 24.2 Å². The van der Waals surface area contributed by atoms with Gasteiger partial charge in [0, 0.05) is 20.8 Å². The summed E-state index contributed by atoms with van der Waals surface area (Å²) in [5, 5.41) is 3.54. The van der Waals surface area contributed by atoms with Crippen molar-refractivity contribution < 1.29 is 14.0 Å². The first-order valence-electron chi connectivity index (χ1n) is 14.3. The van der Waals surface area contributed by atoms with E-state index in [9.17, 15) is 0 Å². The summed E-state index contributed by atoms with van der Waals surface area (Å²) in [6, 6.07) is 20.8. The second kappa shape index (κ2) is 7.58. The first-order valence-corrected chi connectivity index (χ1v) is 11.6. The second-order valence-corrected chi connectivity index (χ2v) is 9.12. The van der Waals surface area contributed by atoms with Crippen molar-refractivity contribution in [3.8, 4) is 22.3 Å². The molecule has 0 radical (unpaired) electrons. The van der Waals surface area contributed by atoms with Crippen molar-refractivity contribution in [2.75, 3.05) is 0 Å². The van der Waals surface area contributed by atoms with Crippen LogP contribution in [0.1, 0.15) is 9.60 Å². The summed E-state index contributed by atoms with van der Waals surface area (Å²) in [5.41, 5.74) is 3.59.